The van der Waals surface area contributed by atoms with Crippen LogP contribution in [0.25, 0.3) is 0 Å². The van der Waals surface area contributed by atoms with Crippen molar-refractivity contribution in [2.24, 2.45) is 0 Å². The van der Waals surface area contributed by atoms with Gasteiger partial charge in [0.25, 0.3) is 0 Å². The van der Waals surface area contributed by atoms with Crippen molar-refractivity contribution in [3.8, 4) is 0 Å². The molecular formula is C13H25FOSi. The summed E-state index contributed by atoms with van der Waals surface area (Å²) >= 11 is 0. The van der Waals surface area contributed by atoms with Crippen LogP contribution in [0.2, 0.25) is 23.7 Å². The molecule has 0 heterocycles. The molecule has 0 saturated heterocycles. The second-order valence-electron chi connectivity index (χ2n) is 6.68. The van der Waals surface area contributed by atoms with Crippen LogP contribution in [0.15, 0.2) is 0 Å². The van der Waals surface area contributed by atoms with Crippen LogP contribution >= 0.6 is 0 Å². The van der Waals surface area contributed by atoms with E-state index in [9.17, 15) is 9.18 Å². The van der Waals surface area contributed by atoms with Gasteiger partial charge < -0.3 is 0 Å². The van der Waals surface area contributed by atoms with Gasteiger partial charge in [0.1, 0.15) is 0 Å². The molecule has 0 unspecified atom stereocenters. The average molecular weight is 244 g/mol. The maximum absolute atomic E-state index is 13.7. The van der Waals surface area contributed by atoms with Crippen molar-refractivity contribution >= 4 is 13.9 Å². The molecule has 0 aromatic heterocycles. The van der Waals surface area contributed by atoms with Gasteiger partial charge in [-0.25, -0.2) is 4.39 Å². The molecule has 1 rings (SSSR count). The Bertz CT molecular complexity index is 268. The Kier molecular flexibility index (Phi) is 3.98. The summed E-state index contributed by atoms with van der Waals surface area (Å²) in [6.07, 6.45) is 2.06. The summed E-state index contributed by atoms with van der Waals surface area (Å²) in [5, 5.41) is 0.164. The van der Waals surface area contributed by atoms with Crippen LogP contribution in [-0.4, -0.2) is 20.0 Å². The largest absolute Gasteiger partial charge is 0.296 e. The maximum Gasteiger partial charge on any atom is 0.167 e. The zero-order valence-corrected chi connectivity index (χ0v) is 12.3. The van der Waals surface area contributed by atoms with Gasteiger partial charge in [-0.3, -0.25) is 4.79 Å². The summed E-state index contributed by atoms with van der Waals surface area (Å²) in [6, 6.07) is 0. The van der Waals surface area contributed by atoms with Crippen LogP contribution < -0.4 is 0 Å². The number of carbonyl (C=O) groups excluding carboxylic acids is 1. The van der Waals surface area contributed by atoms with E-state index >= 15 is 0 Å². The molecule has 1 aliphatic carbocycles. The van der Waals surface area contributed by atoms with E-state index in [4.69, 9.17) is 0 Å². The Hall–Kier alpha value is -0.183. The summed E-state index contributed by atoms with van der Waals surface area (Å²) < 4.78 is 13.7. The molecule has 1 aliphatic rings. The Morgan fingerprint density at radius 1 is 1.19 bits per heavy atom. The smallest absolute Gasteiger partial charge is 0.167 e. The lowest BCUT2D eigenvalue weighted by Crippen LogP contribution is -2.46. The fourth-order valence-corrected chi connectivity index (χ4v) is 5.28. The summed E-state index contributed by atoms with van der Waals surface area (Å²) in [5.74, 6) is -0.0934. The molecule has 0 spiro atoms. The highest BCUT2D eigenvalue weighted by molar-refractivity contribution is 6.84. The van der Waals surface area contributed by atoms with Gasteiger partial charge in [0.2, 0.25) is 0 Å². The molecule has 1 fully saturated rings. The van der Waals surface area contributed by atoms with E-state index in [1.807, 2.05) is 0 Å². The fraction of sp³-hybridized carbons (Fsp3) is 0.923. The molecule has 3 heteroatoms. The Balaban J connectivity index is 2.96. The normalized spacial score (nSPS) is 29.0. The highest BCUT2D eigenvalue weighted by Gasteiger charge is 2.47. The molecule has 1 saturated carbocycles. The van der Waals surface area contributed by atoms with Crippen LogP contribution in [0.1, 0.15) is 46.5 Å². The molecule has 0 aromatic rings. The molecule has 0 aromatic carbocycles. The minimum Gasteiger partial charge on any atom is -0.296 e. The van der Waals surface area contributed by atoms with E-state index in [1.54, 1.807) is 0 Å². The van der Waals surface area contributed by atoms with Gasteiger partial charge in [-0.05, 0) is 17.9 Å². The lowest BCUT2D eigenvalue weighted by Gasteiger charge is -2.42. The van der Waals surface area contributed by atoms with Gasteiger partial charge in [-0.15, -0.1) is 0 Å². The number of hydrogen-bond acceptors (Lipinski definition) is 1. The van der Waals surface area contributed by atoms with Gasteiger partial charge in [-0.1, -0.05) is 46.7 Å². The number of carbonyl (C=O) groups is 1. The monoisotopic (exact) mass is 244 g/mol. The van der Waals surface area contributed by atoms with Gasteiger partial charge in [0, 0.05) is 5.54 Å². The standard InChI is InChI=1S/C13H25FOSi/c1-13(2,3)16(4,5)11-9-7-6-8-10(14)12(11)15/h10-11H,6-9H2,1-5H3/t10-,11+/m0/s1. The van der Waals surface area contributed by atoms with Gasteiger partial charge >= 0.3 is 0 Å². The number of hydrogen-bond donors (Lipinski definition) is 0. The van der Waals surface area contributed by atoms with Gasteiger partial charge in [0.05, 0.1) is 8.07 Å². The van der Waals surface area contributed by atoms with Gasteiger partial charge in [0.15, 0.2) is 12.0 Å². The molecule has 0 N–H and O–H groups in total. The number of halogens is 1. The van der Waals surface area contributed by atoms with Crippen molar-refractivity contribution in [3.63, 3.8) is 0 Å². The van der Waals surface area contributed by atoms with Crippen LogP contribution in [0.3, 0.4) is 0 Å². The molecule has 16 heavy (non-hydrogen) atoms. The molecule has 0 aliphatic heterocycles. The maximum atomic E-state index is 13.7. The van der Waals surface area contributed by atoms with Crippen LogP contribution in [0, 0.1) is 0 Å². The first-order valence-electron chi connectivity index (χ1n) is 6.35. The minimum absolute atomic E-state index is 0.0185. The minimum atomic E-state index is -1.73. The van der Waals surface area contributed by atoms with E-state index < -0.39 is 14.2 Å². The average Bonchev–Trinajstić information content (AvgIpc) is 2.28. The molecule has 0 amide bonds. The van der Waals surface area contributed by atoms with Crippen molar-refractivity contribution in [1.82, 2.24) is 0 Å². The number of rotatable bonds is 1. The molecule has 2 atom stereocenters. The number of ketones is 1. The van der Waals surface area contributed by atoms with Crippen LogP contribution in [-0.2, 0) is 4.79 Å². The van der Waals surface area contributed by atoms with E-state index in [-0.39, 0.29) is 16.4 Å². The van der Waals surface area contributed by atoms with Crippen molar-refractivity contribution < 1.29 is 9.18 Å². The highest BCUT2D eigenvalue weighted by Crippen LogP contribution is 2.47. The molecule has 94 valence electrons. The van der Waals surface area contributed by atoms with Crippen molar-refractivity contribution in [3.05, 3.63) is 0 Å². The highest BCUT2D eigenvalue weighted by atomic mass is 28.3. The SMILES string of the molecule is CC(C)(C)[Si](C)(C)[C@@H]1CCCC[C@H](F)C1=O. The topological polar surface area (TPSA) is 17.1 Å². The molecule has 0 bridgehead atoms. The van der Waals surface area contributed by atoms with Crippen molar-refractivity contribution in [1.29, 1.82) is 0 Å². The van der Waals surface area contributed by atoms with Crippen LogP contribution in [0.4, 0.5) is 4.39 Å². The third-order valence-electron chi connectivity index (χ3n) is 4.66. The first-order chi connectivity index (χ1) is 7.18. The quantitative estimate of drug-likeness (QED) is 0.495. The van der Waals surface area contributed by atoms with E-state index in [2.05, 4.69) is 33.9 Å². The first kappa shape index (κ1) is 13.9. The summed E-state index contributed by atoms with van der Waals surface area (Å²) in [5.41, 5.74) is 0.0185. The zero-order chi connectivity index (χ0) is 12.6. The van der Waals surface area contributed by atoms with E-state index in [1.165, 1.54) is 0 Å². The zero-order valence-electron chi connectivity index (χ0n) is 11.3. The van der Waals surface area contributed by atoms with Gasteiger partial charge in [-0.2, -0.15) is 0 Å². The number of alkyl halides is 1. The third-order valence-corrected chi connectivity index (χ3v) is 10.8. The summed E-state index contributed by atoms with van der Waals surface area (Å²) in [6.45, 7) is 11.1. The summed E-state index contributed by atoms with van der Waals surface area (Å²) in [7, 11) is -1.73. The first-order valence-corrected chi connectivity index (χ1v) is 9.43. The predicted octanol–water partition coefficient (Wildman–Crippen LogP) is 4.35. The van der Waals surface area contributed by atoms with Crippen LogP contribution in [0.5, 0.6) is 0 Å². The molecular weight excluding hydrogens is 219 g/mol. The molecule has 1 nitrogen and oxygen atoms in total. The summed E-state index contributed by atoms with van der Waals surface area (Å²) in [4.78, 5) is 12.1. The molecule has 0 radical (unpaired) electrons. The number of Topliss-reactive ketones (excluding diaryl/α,β-unsaturated/α-hetero) is 1. The second-order valence-corrected chi connectivity index (χ2v) is 12.3. The lowest BCUT2D eigenvalue weighted by atomic mass is 10.1. The van der Waals surface area contributed by atoms with Crippen molar-refractivity contribution in [2.75, 3.05) is 0 Å². The van der Waals surface area contributed by atoms with E-state index in [0.717, 1.165) is 19.3 Å². The Morgan fingerprint density at radius 3 is 2.19 bits per heavy atom. The Labute approximate surface area is 99.8 Å². The lowest BCUT2D eigenvalue weighted by molar-refractivity contribution is -0.123. The van der Waals surface area contributed by atoms with E-state index in [0.29, 0.717) is 6.42 Å². The Morgan fingerprint density at radius 2 is 1.69 bits per heavy atom. The van der Waals surface area contributed by atoms with Crippen molar-refractivity contribution in [2.45, 2.75) is 76.3 Å². The predicted molar refractivity (Wildman–Crippen MR) is 69.3 cm³/mol. The third kappa shape index (κ3) is 2.55. The second kappa shape index (κ2) is 4.59. The fourth-order valence-electron chi connectivity index (χ4n) is 2.41.